The van der Waals surface area contributed by atoms with Crippen LogP contribution in [0.1, 0.15) is 139 Å². The number of para-hydroxylation sites is 3. The number of anilines is 3. The molecule has 69 heavy (non-hydrogen) atoms. The second-order valence-corrected chi connectivity index (χ2v) is 23.5. The van der Waals surface area contributed by atoms with Gasteiger partial charge in [-0.05, 0) is 152 Å². The zero-order valence-corrected chi connectivity index (χ0v) is 43.2. The molecule has 0 aliphatic carbocycles. The van der Waals surface area contributed by atoms with Crippen molar-refractivity contribution in [1.82, 2.24) is 9.55 Å². The number of ether oxygens (including phenoxy) is 1. The van der Waals surface area contributed by atoms with Crippen LogP contribution >= 0.6 is 0 Å². The van der Waals surface area contributed by atoms with E-state index in [1.54, 1.807) is 0 Å². The SMILES string of the molecule is [2H]C([2H])([2H])c1cc(C(C)(C)C)cc(-c2cc(C(C)(C)C)cc(C(C)(C)C)c2)c1CCCCN1CN(c2cccc(COc3ccc4c5ccccc5n(-c5cc(C(C)(C)C)ccn5)c4c3)c2)c2ccccc21. The molecule has 356 valence electrons. The van der Waals surface area contributed by atoms with Crippen molar-refractivity contribution >= 4 is 38.9 Å². The number of hydrogen-bond donors (Lipinski definition) is 0. The molecule has 0 bridgehead atoms. The molecule has 3 heterocycles. The molecule has 5 nitrogen and oxygen atoms in total. The first kappa shape index (κ1) is 43.9. The predicted octanol–water partition coefficient (Wildman–Crippen LogP) is 16.9. The minimum atomic E-state index is -2.25. The molecule has 0 atom stereocenters. The third kappa shape index (κ3) is 9.93. The second kappa shape index (κ2) is 18.2. The van der Waals surface area contributed by atoms with E-state index in [2.05, 4.69) is 225 Å². The summed E-state index contributed by atoms with van der Waals surface area (Å²) < 4.78 is 35.4. The van der Waals surface area contributed by atoms with Gasteiger partial charge in [-0.25, -0.2) is 4.98 Å². The van der Waals surface area contributed by atoms with Crippen molar-refractivity contribution in [2.45, 2.75) is 137 Å². The highest BCUT2D eigenvalue weighted by molar-refractivity contribution is 6.09. The fourth-order valence-electron chi connectivity index (χ4n) is 9.86. The van der Waals surface area contributed by atoms with E-state index in [1.807, 2.05) is 12.3 Å². The van der Waals surface area contributed by atoms with E-state index in [0.29, 0.717) is 18.6 Å². The largest absolute Gasteiger partial charge is 0.489 e. The van der Waals surface area contributed by atoms with Crippen LogP contribution in [-0.2, 0) is 34.7 Å². The molecule has 0 N–H and O–H groups in total. The Hall–Kier alpha value is -6.33. The standard InChI is InChI=1S/C64H74N4O/c1-43-33-47(62(5,6)7)38-55(45-35-48(63(8,9)10)37-49(36-45)64(11,12)13)52(43)23-18-19-32-66-42-67(58-27-17-16-26-57(58)66)50-22-20-21-44(34-50)41-69-51-28-29-54-53-24-14-15-25-56(53)68(59(54)40-51)60-39-46(30-31-65-60)61(2,3)4/h14-17,20-22,24-31,33-40H,18-19,23,32,41-42H2,1-13H3/i1D3. The van der Waals surface area contributed by atoms with Crippen LogP contribution in [-0.4, -0.2) is 22.8 Å². The van der Waals surface area contributed by atoms with Crippen molar-refractivity contribution in [3.8, 4) is 22.7 Å². The Morgan fingerprint density at radius 3 is 1.96 bits per heavy atom. The molecule has 9 rings (SSSR count). The van der Waals surface area contributed by atoms with Crippen molar-refractivity contribution < 1.29 is 8.85 Å². The van der Waals surface area contributed by atoms with Crippen LogP contribution in [0.4, 0.5) is 17.1 Å². The maximum atomic E-state index is 8.86. The summed E-state index contributed by atoms with van der Waals surface area (Å²) in [5.41, 5.74) is 14.8. The van der Waals surface area contributed by atoms with Crippen molar-refractivity contribution in [2.75, 3.05) is 23.0 Å². The van der Waals surface area contributed by atoms with Crippen molar-refractivity contribution in [1.29, 1.82) is 0 Å². The summed E-state index contributed by atoms with van der Waals surface area (Å²) in [6.45, 7) is 26.5. The number of fused-ring (bicyclic) bond motifs is 4. The van der Waals surface area contributed by atoms with Crippen LogP contribution in [0.2, 0.25) is 0 Å². The monoisotopic (exact) mass is 918 g/mol. The lowest BCUT2D eigenvalue weighted by atomic mass is 9.77. The molecule has 8 aromatic rings. The molecule has 0 saturated heterocycles. The van der Waals surface area contributed by atoms with E-state index in [9.17, 15) is 0 Å². The molecular weight excluding hydrogens is 841 g/mol. The van der Waals surface area contributed by atoms with E-state index in [4.69, 9.17) is 13.8 Å². The normalized spacial score (nSPS) is 14.3. The maximum absolute atomic E-state index is 8.86. The van der Waals surface area contributed by atoms with Gasteiger partial charge in [0.15, 0.2) is 0 Å². The minimum absolute atomic E-state index is 0.00790. The molecule has 6 aromatic carbocycles. The van der Waals surface area contributed by atoms with Gasteiger partial charge in [0.1, 0.15) is 18.2 Å². The number of nitrogens with zero attached hydrogens (tertiary/aromatic N) is 4. The van der Waals surface area contributed by atoms with Crippen molar-refractivity contribution in [2.24, 2.45) is 0 Å². The van der Waals surface area contributed by atoms with Crippen LogP contribution in [0.25, 0.3) is 38.8 Å². The van der Waals surface area contributed by atoms with Gasteiger partial charge in [0.25, 0.3) is 0 Å². The first-order chi connectivity index (χ1) is 33.8. The summed E-state index contributed by atoms with van der Waals surface area (Å²) in [6.07, 6.45) is 4.36. The summed E-state index contributed by atoms with van der Waals surface area (Å²) in [4.78, 5) is 9.73. The third-order valence-corrected chi connectivity index (χ3v) is 14.1. The van der Waals surface area contributed by atoms with Gasteiger partial charge >= 0.3 is 0 Å². The highest BCUT2D eigenvalue weighted by Gasteiger charge is 2.28. The average Bonchev–Trinajstić information content (AvgIpc) is 3.86. The second-order valence-electron chi connectivity index (χ2n) is 23.5. The first-order valence-electron chi connectivity index (χ1n) is 26.5. The number of aromatic nitrogens is 2. The van der Waals surface area contributed by atoms with E-state index >= 15 is 0 Å². The molecule has 2 aromatic heterocycles. The number of unbranched alkanes of at least 4 members (excludes halogenated alkanes) is 1. The van der Waals surface area contributed by atoms with E-state index in [0.717, 1.165) is 87.5 Å². The average molecular weight is 918 g/mol. The Balaban J connectivity index is 0.945. The molecule has 0 spiro atoms. The third-order valence-electron chi connectivity index (χ3n) is 14.1. The number of hydrogen-bond acceptors (Lipinski definition) is 4. The predicted molar refractivity (Wildman–Crippen MR) is 294 cm³/mol. The van der Waals surface area contributed by atoms with Crippen LogP contribution < -0.4 is 14.5 Å². The van der Waals surface area contributed by atoms with Gasteiger partial charge in [-0.1, -0.05) is 156 Å². The number of pyridine rings is 1. The summed E-state index contributed by atoms with van der Waals surface area (Å²) >= 11 is 0. The van der Waals surface area contributed by atoms with Gasteiger partial charge in [0.2, 0.25) is 0 Å². The van der Waals surface area contributed by atoms with Gasteiger partial charge in [-0.3, -0.25) is 4.57 Å². The van der Waals surface area contributed by atoms with Crippen molar-refractivity contribution in [3.63, 3.8) is 0 Å². The molecule has 1 aliphatic rings. The smallest absolute Gasteiger partial charge is 0.137 e. The fourth-order valence-corrected chi connectivity index (χ4v) is 9.86. The zero-order chi connectivity index (χ0) is 51.5. The maximum Gasteiger partial charge on any atom is 0.137 e. The lowest BCUT2D eigenvalue weighted by Gasteiger charge is -2.28. The highest BCUT2D eigenvalue weighted by Crippen LogP contribution is 2.43. The Morgan fingerprint density at radius 2 is 1.25 bits per heavy atom. The highest BCUT2D eigenvalue weighted by atomic mass is 16.5. The lowest BCUT2D eigenvalue weighted by molar-refractivity contribution is 0.306. The van der Waals surface area contributed by atoms with Crippen LogP contribution in [0.15, 0.2) is 140 Å². The van der Waals surface area contributed by atoms with Gasteiger partial charge < -0.3 is 14.5 Å². The van der Waals surface area contributed by atoms with Crippen LogP contribution in [0, 0.1) is 6.85 Å². The van der Waals surface area contributed by atoms with E-state index in [-0.39, 0.29) is 21.7 Å². The minimum Gasteiger partial charge on any atom is -0.489 e. The molecule has 0 amide bonds. The van der Waals surface area contributed by atoms with Crippen LogP contribution in [0.5, 0.6) is 5.75 Å². The van der Waals surface area contributed by atoms with Gasteiger partial charge in [0, 0.05) is 39.4 Å². The summed E-state index contributed by atoms with van der Waals surface area (Å²) in [5.74, 6) is 1.70. The van der Waals surface area contributed by atoms with E-state index < -0.39 is 6.85 Å². The first-order valence-corrected chi connectivity index (χ1v) is 25.0. The Labute approximate surface area is 417 Å². The topological polar surface area (TPSA) is 33.5 Å². The van der Waals surface area contributed by atoms with Crippen molar-refractivity contribution in [3.05, 3.63) is 179 Å². The quantitative estimate of drug-likeness (QED) is 0.121. The summed E-state index contributed by atoms with van der Waals surface area (Å²) in [6, 6.07) is 47.8. The molecule has 0 radical (unpaired) electrons. The Kier molecular flexibility index (Phi) is 11.6. The molecule has 0 fully saturated rings. The number of rotatable bonds is 11. The molecular formula is C64H74N4O. The molecule has 5 heteroatoms. The van der Waals surface area contributed by atoms with E-state index in [1.165, 1.54) is 33.5 Å². The van der Waals surface area contributed by atoms with Gasteiger partial charge in [-0.15, -0.1) is 0 Å². The summed E-state index contributed by atoms with van der Waals surface area (Å²) in [7, 11) is 0. The molecule has 0 saturated carbocycles. The summed E-state index contributed by atoms with van der Waals surface area (Å²) in [5, 5.41) is 2.35. The number of benzene rings is 6. The van der Waals surface area contributed by atoms with Gasteiger partial charge in [-0.2, -0.15) is 0 Å². The lowest BCUT2D eigenvalue weighted by Crippen LogP contribution is -2.28. The fraction of sp³-hybridized carbons (Fsp3) is 0.359. The number of aryl methyl sites for hydroxylation is 1. The molecule has 0 unspecified atom stereocenters. The van der Waals surface area contributed by atoms with Crippen LogP contribution in [0.3, 0.4) is 0 Å². The zero-order valence-electron chi connectivity index (χ0n) is 46.2. The molecule has 1 aliphatic heterocycles. The van der Waals surface area contributed by atoms with Gasteiger partial charge in [0.05, 0.1) is 29.1 Å². The Morgan fingerprint density at radius 1 is 0.580 bits per heavy atom. The Bertz CT molecular complexity index is 3250.